The molecule has 1 N–H and O–H groups in total. The number of alkyl halides is 1. The molecule has 78 valence electrons. The summed E-state index contributed by atoms with van der Waals surface area (Å²) in [4.78, 5) is 0. The lowest BCUT2D eigenvalue weighted by Gasteiger charge is -2.26. The van der Waals surface area contributed by atoms with Crippen LogP contribution in [0.15, 0.2) is 0 Å². The summed E-state index contributed by atoms with van der Waals surface area (Å²) in [5.41, 5.74) is 0. The first-order valence-electron chi connectivity index (χ1n) is 5.55. The quantitative estimate of drug-likeness (QED) is 0.713. The van der Waals surface area contributed by atoms with Crippen molar-refractivity contribution in [2.45, 2.75) is 57.7 Å². The van der Waals surface area contributed by atoms with Crippen molar-refractivity contribution in [1.82, 2.24) is 5.32 Å². The maximum absolute atomic E-state index is 13.7. The van der Waals surface area contributed by atoms with E-state index in [2.05, 4.69) is 12.2 Å². The second-order valence-corrected chi connectivity index (χ2v) is 4.34. The maximum atomic E-state index is 13.7. The zero-order valence-corrected chi connectivity index (χ0v) is 8.85. The lowest BCUT2D eigenvalue weighted by molar-refractivity contribution is 0.160. The van der Waals surface area contributed by atoms with Crippen LogP contribution in [0.5, 0.6) is 0 Å². The molecule has 1 saturated carbocycles. The Morgan fingerprint density at radius 1 is 1.31 bits per heavy atom. The molecule has 2 heteroatoms. The van der Waals surface area contributed by atoms with Crippen LogP contribution < -0.4 is 5.32 Å². The van der Waals surface area contributed by atoms with Gasteiger partial charge in [0.1, 0.15) is 6.17 Å². The number of hydrogen-bond acceptors (Lipinski definition) is 1. The monoisotopic (exact) mass is 187 g/mol. The van der Waals surface area contributed by atoms with Gasteiger partial charge in [-0.3, -0.25) is 0 Å². The van der Waals surface area contributed by atoms with E-state index in [1.165, 1.54) is 19.3 Å². The third-order valence-corrected chi connectivity index (χ3v) is 3.23. The fourth-order valence-electron chi connectivity index (χ4n) is 2.14. The summed E-state index contributed by atoms with van der Waals surface area (Å²) in [6, 6.07) is 0.317. The Hall–Kier alpha value is -0.110. The van der Waals surface area contributed by atoms with Gasteiger partial charge < -0.3 is 5.32 Å². The first-order chi connectivity index (χ1) is 6.24. The van der Waals surface area contributed by atoms with Gasteiger partial charge in [-0.25, -0.2) is 4.39 Å². The second kappa shape index (κ2) is 5.58. The zero-order chi connectivity index (χ0) is 9.68. The van der Waals surface area contributed by atoms with E-state index in [0.717, 1.165) is 12.8 Å². The van der Waals surface area contributed by atoms with Gasteiger partial charge in [-0.1, -0.05) is 19.3 Å². The summed E-state index contributed by atoms with van der Waals surface area (Å²) < 4.78 is 13.7. The number of rotatable bonds is 4. The van der Waals surface area contributed by atoms with Crippen molar-refractivity contribution in [2.24, 2.45) is 5.92 Å². The van der Waals surface area contributed by atoms with Crippen molar-refractivity contribution in [3.8, 4) is 0 Å². The molecule has 1 aliphatic carbocycles. The molecule has 1 rings (SSSR count). The van der Waals surface area contributed by atoms with E-state index in [1.807, 2.05) is 7.05 Å². The Labute approximate surface area is 81.1 Å². The minimum atomic E-state index is -0.581. The normalized spacial score (nSPS) is 24.2. The van der Waals surface area contributed by atoms with Crippen LogP contribution in [-0.4, -0.2) is 19.3 Å². The third kappa shape index (κ3) is 3.63. The van der Waals surface area contributed by atoms with Gasteiger partial charge in [0.15, 0.2) is 0 Å². The van der Waals surface area contributed by atoms with Gasteiger partial charge in [-0.15, -0.1) is 0 Å². The molecule has 13 heavy (non-hydrogen) atoms. The summed E-state index contributed by atoms with van der Waals surface area (Å²) in [7, 11) is 1.90. The van der Waals surface area contributed by atoms with Crippen LogP contribution in [0.1, 0.15) is 45.4 Å². The highest BCUT2D eigenvalue weighted by Gasteiger charge is 2.24. The van der Waals surface area contributed by atoms with Crippen molar-refractivity contribution in [3.05, 3.63) is 0 Å². The van der Waals surface area contributed by atoms with Crippen LogP contribution in [0.3, 0.4) is 0 Å². The van der Waals surface area contributed by atoms with E-state index in [0.29, 0.717) is 18.4 Å². The van der Waals surface area contributed by atoms with Crippen LogP contribution in [0, 0.1) is 5.92 Å². The first kappa shape index (κ1) is 11.0. The number of halogens is 1. The molecule has 1 fully saturated rings. The molecule has 0 amide bonds. The third-order valence-electron chi connectivity index (χ3n) is 3.23. The predicted octanol–water partition coefficient (Wildman–Crippen LogP) is 2.90. The molecule has 0 radical (unpaired) electrons. The van der Waals surface area contributed by atoms with Crippen LogP contribution >= 0.6 is 0 Å². The maximum Gasteiger partial charge on any atom is 0.104 e. The van der Waals surface area contributed by atoms with E-state index < -0.39 is 6.17 Å². The summed E-state index contributed by atoms with van der Waals surface area (Å²) in [5, 5.41) is 3.09. The predicted molar refractivity (Wildman–Crippen MR) is 54.6 cm³/mol. The Bertz CT molecular complexity index is 132. The molecule has 2 unspecified atom stereocenters. The summed E-state index contributed by atoms with van der Waals surface area (Å²) >= 11 is 0. The van der Waals surface area contributed by atoms with Crippen LogP contribution in [-0.2, 0) is 0 Å². The van der Waals surface area contributed by atoms with Crippen LogP contribution in [0.25, 0.3) is 0 Å². The highest BCUT2D eigenvalue weighted by molar-refractivity contribution is 4.76. The largest absolute Gasteiger partial charge is 0.317 e. The lowest BCUT2D eigenvalue weighted by atomic mass is 9.84. The van der Waals surface area contributed by atoms with Gasteiger partial charge in [0.2, 0.25) is 0 Å². The average molecular weight is 187 g/mol. The van der Waals surface area contributed by atoms with Gasteiger partial charge >= 0.3 is 0 Å². The van der Waals surface area contributed by atoms with Gasteiger partial charge in [-0.2, -0.15) is 0 Å². The highest BCUT2D eigenvalue weighted by atomic mass is 19.1. The van der Waals surface area contributed by atoms with Crippen molar-refractivity contribution in [3.63, 3.8) is 0 Å². The summed E-state index contributed by atoms with van der Waals surface area (Å²) in [6.45, 7) is 2.05. The summed E-state index contributed by atoms with van der Waals surface area (Å²) in [5.74, 6) is 0.351. The minimum Gasteiger partial charge on any atom is -0.317 e. The van der Waals surface area contributed by atoms with Gasteiger partial charge in [0.25, 0.3) is 0 Å². The van der Waals surface area contributed by atoms with Crippen LogP contribution in [0.2, 0.25) is 0 Å². The van der Waals surface area contributed by atoms with Gasteiger partial charge in [-0.05, 0) is 39.2 Å². The molecular formula is C11H22FN. The molecule has 1 nitrogen and oxygen atoms in total. The van der Waals surface area contributed by atoms with Crippen molar-refractivity contribution >= 4 is 0 Å². The SMILES string of the molecule is CNC(C)CC(F)C1CCCCC1. The molecule has 0 saturated heterocycles. The fraction of sp³-hybridized carbons (Fsp3) is 1.00. The average Bonchev–Trinajstić information content (AvgIpc) is 2.19. The molecular weight excluding hydrogens is 165 g/mol. The zero-order valence-electron chi connectivity index (χ0n) is 8.85. The molecule has 0 bridgehead atoms. The van der Waals surface area contributed by atoms with Gasteiger partial charge in [0.05, 0.1) is 0 Å². The molecule has 1 aliphatic rings. The number of nitrogens with one attached hydrogen (secondary N) is 1. The van der Waals surface area contributed by atoms with E-state index in [-0.39, 0.29) is 0 Å². The van der Waals surface area contributed by atoms with Gasteiger partial charge in [0, 0.05) is 6.04 Å². The molecule has 0 aromatic rings. The Morgan fingerprint density at radius 3 is 2.46 bits per heavy atom. The Morgan fingerprint density at radius 2 is 1.92 bits per heavy atom. The van der Waals surface area contributed by atoms with E-state index in [1.54, 1.807) is 0 Å². The lowest BCUT2D eigenvalue weighted by Crippen LogP contribution is -2.29. The molecule has 0 aromatic carbocycles. The van der Waals surface area contributed by atoms with E-state index in [9.17, 15) is 4.39 Å². The topological polar surface area (TPSA) is 12.0 Å². The van der Waals surface area contributed by atoms with Crippen molar-refractivity contribution in [2.75, 3.05) is 7.05 Å². The second-order valence-electron chi connectivity index (χ2n) is 4.34. The molecule has 0 aromatic heterocycles. The molecule has 0 heterocycles. The van der Waals surface area contributed by atoms with Crippen molar-refractivity contribution < 1.29 is 4.39 Å². The van der Waals surface area contributed by atoms with E-state index in [4.69, 9.17) is 0 Å². The molecule has 0 spiro atoms. The molecule has 0 aliphatic heterocycles. The van der Waals surface area contributed by atoms with Crippen molar-refractivity contribution in [1.29, 1.82) is 0 Å². The standard InChI is InChI=1S/C11H22FN/c1-9(13-2)8-11(12)10-6-4-3-5-7-10/h9-11,13H,3-8H2,1-2H3. The Balaban J connectivity index is 2.24. The minimum absolute atomic E-state index is 0.317. The van der Waals surface area contributed by atoms with Crippen LogP contribution in [0.4, 0.5) is 4.39 Å². The highest BCUT2D eigenvalue weighted by Crippen LogP contribution is 2.29. The first-order valence-corrected chi connectivity index (χ1v) is 5.55. The smallest absolute Gasteiger partial charge is 0.104 e. The fourth-order valence-corrected chi connectivity index (χ4v) is 2.14. The summed E-state index contributed by atoms with van der Waals surface area (Å²) in [6.07, 6.45) is 6.10. The molecule has 2 atom stereocenters. The number of hydrogen-bond donors (Lipinski definition) is 1. The Kier molecular flexibility index (Phi) is 4.71. The van der Waals surface area contributed by atoms with E-state index >= 15 is 0 Å².